The highest BCUT2D eigenvalue weighted by molar-refractivity contribution is 7.79. The number of hydrogen-bond acceptors (Lipinski definition) is 4. The van der Waals surface area contributed by atoms with Crippen molar-refractivity contribution in [2.24, 2.45) is 16.5 Å². The van der Waals surface area contributed by atoms with Crippen molar-refractivity contribution < 1.29 is 17.5 Å². The Morgan fingerprint density at radius 1 is 1.29 bits per heavy atom. The molecule has 10 heteroatoms. The lowest BCUT2D eigenvalue weighted by Crippen LogP contribution is -2.41. The predicted octanol–water partition coefficient (Wildman–Crippen LogP) is -0.926. The molecule has 0 unspecified atom stereocenters. The summed E-state index contributed by atoms with van der Waals surface area (Å²) in [4.78, 5) is 4.18. The van der Waals surface area contributed by atoms with Crippen LogP contribution in [-0.2, 0) is 10.4 Å². The highest BCUT2D eigenvalue weighted by atomic mass is 32.3. The predicted molar refractivity (Wildman–Crippen MR) is 63.1 cm³/mol. The lowest BCUT2D eigenvalue weighted by Gasteiger charge is -2.05. The molecule has 8 N–H and O–H groups in total. The summed E-state index contributed by atoms with van der Waals surface area (Å²) in [7, 11) is -4.67. The smallest absolute Gasteiger partial charge is 0.370 e. The summed E-state index contributed by atoms with van der Waals surface area (Å²) in [6.45, 7) is 0. The second-order valence-electron chi connectivity index (χ2n) is 3.44. The Morgan fingerprint density at radius 3 is 2.06 bits per heavy atom. The minimum Gasteiger partial charge on any atom is -0.370 e. The zero-order valence-corrected chi connectivity index (χ0v) is 9.94. The first-order valence-corrected chi connectivity index (χ1v) is 6.22. The monoisotopic (exact) mass is 267 g/mol. The molecule has 0 aliphatic heterocycles. The number of guanidine groups is 2. The molecule has 0 radical (unpaired) electrons. The van der Waals surface area contributed by atoms with E-state index in [1.165, 1.54) is 12.8 Å². The average Bonchev–Trinajstić information content (AvgIpc) is 2.50. The van der Waals surface area contributed by atoms with Crippen LogP contribution >= 0.6 is 0 Å². The van der Waals surface area contributed by atoms with Gasteiger partial charge in [0.15, 0.2) is 11.9 Å². The third-order valence-corrected chi connectivity index (χ3v) is 1.91. The van der Waals surface area contributed by atoms with E-state index in [2.05, 4.69) is 10.3 Å². The minimum absolute atomic E-state index is 0.158. The van der Waals surface area contributed by atoms with Crippen molar-refractivity contribution >= 4 is 22.3 Å². The van der Waals surface area contributed by atoms with E-state index < -0.39 is 10.4 Å². The quantitative estimate of drug-likeness (QED) is 0.202. The molecule has 1 fully saturated rings. The van der Waals surface area contributed by atoms with Crippen LogP contribution in [0.15, 0.2) is 4.99 Å². The SMILES string of the molecule is N=C(N)NC(N)=NC1CCCC1.O=S(=O)(O)O. The Hall–Kier alpha value is -1.39. The molecule has 1 rings (SSSR count). The largest absolute Gasteiger partial charge is 0.394 e. The molecule has 0 aromatic heterocycles. The van der Waals surface area contributed by atoms with Crippen LogP contribution in [0, 0.1) is 5.41 Å². The van der Waals surface area contributed by atoms with Crippen LogP contribution < -0.4 is 16.8 Å². The molecule has 0 aromatic carbocycles. The van der Waals surface area contributed by atoms with Crippen molar-refractivity contribution in [3.05, 3.63) is 0 Å². The summed E-state index contributed by atoms with van der Waals surface area (Å²) in [5, 5.41) is 9.36. The number of nitrogens with zero attached hydrogens (tertiary/aromatic N) is 1. The van der Waals surface area contributed by atoms with Crippen LogP contribution in [0.5, 0.6) is 0 Å². The molecule has 0 heterocycles. The molecule has 0 spiro atoms. The van der Waals surface area contributed by atoms with Crippen LogP contribution in [0.1, 0.15) is 25.7 Å². The fourth-order valence-electron chi connectivity index (χ4n) is 1.40. The lowest BCUT2D eigenvalue weighted by molar-refractivity contribution is 0.381. The third kappa shape index (κ3) is 12.5. The van der Waals surface area contributed by atoms with Crippen molar-refractivity contribution in [1.29, 1.82) is 5.41 Å². The molecule has 1 aliphatic carbocycles. The van der Waals surface area contributed by atoms with Gasteiger partial charge in [-0.1, -0.05) is 12.8 Å². The van der Waals surface area contributed by atoms with Crippen LogP contribution in [0.3, 0.4) is 0 Å². The van der Waals surface area contributed by atoms with Crippen molar-refractivity contribution in [2.45, 2.75) is 31.7 Å². The van der Waals surface area contributed by atoms with E-state index in [0.29, 0.717) is 6.04 Å². The fourth-order valence-corrected chi connectivity index (χ4v) is 1.40. The van der Waals surface area contributed by atoms with E-state index in [-0.39, 0.29) is 11.9 Å². The average molecular weight is 267 g/mol. The van der Waals surface area contributed by atoms with Crippen LogP contribution in [0.2, 0.25) is 0 Å². The van der Waals surface area contributed by atoms with E-state index >= 15 is 0 Å². The van der Waals surface area contributed by atoms with Gasteiger partial charge >= 0.3 is 10.4 Å². The summed E-state index contributed by atoms with van der Waals surface area (Å²) in [5.41, 5.74) is 10.6. The standard InChI is InChI=1S/C7H15N5.H2O4S/c8-6(9)12-7(10)11-5-3-1-2-4-5;1-5(2,3)4/h5H,1-4H2,(H6,8,9,10,11,12);(H2,1,2,3,4). The van der Waals surface area contributed by atoms with Gasteiger partial charge in [-0.2, -0.15) is 8.42 Å². The third-order valence-electron chi connectivity index (χ3n) is 1.91. The summed E-state index contributed by atoms with van der Waals surface area (Å²) in [6, 6.07) is 0.330. The molecule has 100 valence electrons. The molecule has 0 amide bonds. The first-order valence-electron chi connectivity index (χ1n) is 4.82. The molecule has 1 aliphatic rings. The topological polar surface area (TPSA) is 175 Å². The van der Waals surface area contributed by atoms with Gasteiger partial charge in [0.1, 0.15) is 0 Å². The lowest BCUT2D eigenvalue weighted by atomic mass is 10.3. The highest BCUT2D eigenvalue weighted by Crippen LogP contribution is 2.20. The van der Waals surface area contributed by atoms with Gasteiger partial charge in [0, 0.05) is 0 Å². The van der Waals surface area contributed by atoms with Gasteiger partial charge in [0.2, 0.25) is 0 Å². The first-order chi connectivity index (χ1) is 7.68. The van der Waals surface area contributed by atoms with E-state index in [9.17, 15) is 0 Å². The molecule has 0 bridgehead atoms. The Kier molecular flexibility index (Phi) is 6.46. The Labute approximate surface area is 99.4 Å². The number of aliphatic imine (C=N–C) groups is 1. The fraction of sp³-hybridized carbons (Fsp3) is 0.714. The normalized spacial score (nSPS) is 17.2. The molecular weight excluding hydrogens is 250 g/mol. The molecule has 1 saturated carbocycles. The number of hydrogen-bond donors (Lipinski definition) is 6. The summed E-state index contributed by atoms with van der Waals surface area (Å²) < 4.78 is 31.6. The summed E-state index contributed by atoms with van der Waals surface area (Å²) >= 11 is 0. The van der Waals surface area contributed by atoms with E-state index in [4.69, 9.17) is 34.4 Å². The zero-order valence-electron chi connectivity index (χ0n) is 9.13. The van der Waals surface area contributed by atoms with Crippen molar-refractivity contribution in [3.8, 4) is 0 Å². The van der Waals surface area contributed by atoms with Gasteiger partial charge in [-0.05, 0) is 12.8 Å². The molecule has 0 saturated heterocycles. The molecule has 9 nitrogen and oxygen atoms in total. The summed E-state index contributed by atoms with van der Waals surface area (Å²) in [6.07, 6.45) is 4.64. The van der Waals surface area contributed by atoms with Gasteiger partial charge in [0.05, 0.1) is 6.04 Å². The number of rotatable bonds is 1. The van der Waals surface area contributed by atoms with Crippen molar-refractivity contribution in [2.75, 3.05) is 0 Å². The molecule has 0 aromatic rings. The van der Waals surface area contributed by atoms with Gasteiger partial charge < -0.3 is 11.5 Å². The second kappa shape index (κ2) is 7.04. The maximum absolute atomic E-state index is 8.74. The minimum atomic E-state index is -4.67. The maximum Gasteiger partial charge on any atom is 0.394 e. The van der Waals surface area contributed by atoms with Crippen molar-refractivity contribution in [1.82, 2.24) is 5.32 Å². The second-order valence-corrected chi connectivity index (χ2v) is 4.33. The zero-order chi connectivity index (χ0) is 13.5. The Balaban J connectivity index is 0.000000437. The molecule has 17 heavy (non-hydrogen) atoms. The first kappa shape index (κ1) is 15.6. The van der Waals surface area contributed by atoms with Crippen molar-refractivity contribution in [3.63, 3.8) is 0 Å². The summed E-state index contributed by atoms with van der Waals surface area (Å²) in [5.74, 6) is 0.101. The van der Waals surface area contributed by atoms with E-state index in [0.717, 1.165) is 12.8 Å². The molecular formula is C7H17N5O4S. The van der Waals surface area contributed by atoms with Gasteiger partial charge in [-0.3, -0.25) is 19.8 Å². The number of nitrogens with two attached hydrogens (primary N) is 2. The Morgan fingerprint density at radius 2 is 1.71 bits per heavy atom. The van der Waals surface area contributed by atoms with Gasteiger partial charge in [-0.25, -0.2) is 4.99 Å². The Bertz CT molecular complexity index is 366. The van der Waals surface area contributed by atoms with Crippen LogP contribution in [0.4, 0.5) is 0 Å². The highest BCUT2D eigenvalue weighted by Gasteiger charge is 2.13. The van der Waals surface area contributed by atoms with Crippen LogP contribution in [-0.4, -0.2) is 35.5 Å². The van der Waals surface area contributed by atoms with Gasteiger partial charge in [-0.15, -0.1) is 0 Å². The maximum atomic E-state index is 8.74. The van der Waals surface area contributed by atoms with Crippen LogP contribution in [0.25, 0.3) is 0 Å². The number of nitrogens with one attached hydrogen (secondary N) is 2. The van der Waals surface area contributed by atoms with Gasteiger partial charge in [0.25, 0.3) is 0 Å². The van der Waals surface area contributed by atoms with E-state index in [1.54, 1.807) is 0 Å². The van der Waals surface area contributed by atoms with E-state index in [1.807, 2.05) is 0 Å². The molecule has 0 atom stereocenters.